The molecule has 4 aliphatic carbocycles. The molecule has 1 aromatic rings. The van der Waals surface area contributed by atoms with Crippen LogP contribution < -0.4 is 4.90 Å². The van der Waals surface area contributed by atoms with Crippen molar-refractivity contribution in [1.82, 2.24) is 9.80 Å². The van der Waals surface area contributed by atoms with Crippen LogP contribution in [0.1, 0.15) is 111 Å². The number of carbonyl (C=O) groups excluding carboxylic acids is 4. The molecule has 0 radical (unpaired) electrons. The van der Waals surface area contributed by atoms with Crippen molar-refractivity contribution < 1.29 is 47.7 Å². The average Bonchev–Trinajstić information content (AvgIpc) is 3.91. The molecule has 0 unspecified atom stereocenters. The largest absolute Gasteiger partial charge is 0.469 e. The summed E-state index contributed by atoms with van der Waals surface area (Å²) in [6.07, 6.45) is 14.2. The SMILES string of the molecule is C=CC[N+]1([C@H]2C[C@H]3[C@@H]4CC[C@H]5C[C@H](O)[C@@H](N6CCOCC6)C[C@]5(C)[C@H]4CC[C@]3(C)[C@H]2OC(C)=O)CCCC1.CCC(=O)N(c1ccccc1)C1(C(=O)OC)CCN(CCC(=O)OC)CC1. The lowest BCUT2D eigenvalue weighted by Gasteiger charge is -2.62. The number of aliphatic hydroxyl groups is 1. The van der Waals surface area contributed by atoms with Crippen LogP contribution in [0.25, 0.3) is 0 Å². The molecule has 3 saturated heterocycles. The number of aliphatic hydroxyl groups excluding tert-OH is 1. The number of benzene rings is 1. The summed E-state index contributed by atoms with van der Waals surface area (Å²) < 4.78 is 22.9. The fourth-order valence-electron chi connectivity index (χ4n) is 14.9. The average molecular weight is 906 g/mol. The highest BCUT2D eigenvalue weighted by molar-refractivity contribution is 6.02. The van der Waals surface area contributed by atoms with E-state index in [-0.39, 0.29) is 46.9 Å². The lowest BCUT2D eigenvalue weighted by Crippen LogP contribution is -2.62. The molecule has 1 amide bonds. The van der Waals surface area contributed by atoms with Crippen molar-refractivity contribution in [2.45, 2.75) is 141 Å². The number of morpholine rings is 1. The van der Waals surface area contributed by atoms with Crippen molar-refractivity contribution in [2.24, 2.45) is 34.5 Å². The van der Waals surface area contributed by atoms with Gasteiger partial charge in [-0.05, 0) is 98.7 Å². The number of piperidine rings is 1. The molecule has 4 saturated carbocycles. The number of methoxy groups -OCH3 is 2. The zero-order valence-corrected chi connectivity index (χ0v) is 40.6. The molecule has 8 rings (SSSR count). The summed E-state index contributed by atoms with van der Waals surface area (Å²) >= 11 is 0. The topological polar surface area (TPSA) is 135 Å². The van der Waals surface area contributed by atoms with Crippen LogP contribution in [-0.2, 0) is 38.1 Å². The third kappa shape index (κ3) is 9.70. The lowest BCUT2D eigenvalue weighted by atomic mass is 9.44. The molecule has 0 spiro atoms. The molecule has 3 heterocycles. The van der Waals surface area contributed by atoms with Gasteiger partial charge in [0.05, 0.1) is 59.6 Å². The van der Waals surface area contributed by atoms with E-state index in [4.69, 9.17) is 14.2 Å². The Morgan fingerprint density at radius 3 is 2.23 bits per heavy atom. The van der Waals surface area contributed by atoms with E-state index in [9.17, 15) is 24.3 Å². The molecule has 3 aliphatic heterocycles. The minimum Gasteiger partial charge on any atom is -0.469 e. The smallest absolute Gasteiger partial charge is 0.332 e. The molecular formula is C52H81N4O9+. The van der Waals surface area contributed by atoms with Gasteiger partial charge in [-0.2, -0.15) is 0 Å². The molecular weight excluding hydrogens is 825 g/mol. The number of hydrogen-bond donors (Lipinski definition) is 1. The number of ether oxygens (including phenoxy) is 4. The van der Waals surface area contributed by atoms with E-state index in [1.807, 2.05) is 30.3 Å². The van der Waals surface area contributed by atoms with Gasteiger partial charge in [0, 0.05) is 82.5 Å². The molecule has 1 N–H and O–H groups in total. The van der Waals surface area contributed by atoms with E-state index >= 15 is 0 Å². The number of carbonyl (C=O) groups is 4. The van der Waals surface area contributed by atoms with E-state index in [1.165, 1.54) is 65.8 Å². The predicted molar refractivity (Wildman–Crippen MR) is 250 cm³/mol. The van der Waals surface area contributed by atoms with Crippen LogP contribution >= 0.6 is 0 Å². The van der Waals surface area contributed by atoms with Crippen LogP contribution in [0.2, 0.25) is 0 Å². The second-order valence-corrected chi connectivity index (χ2v) is 21.2. The highest BCUT2D eigenvalue weighted by atomic mass is 16.5. The summed E-state index contributed by atoms with van der Waals surface area (Å²) in [5.41, 5.74) is -0.00114. The van der Waals surface area contributed by atoms with Gasteiger partial charge in [-0.3, -0.25) is 24.2 Å². The molecule has 7 aliphatic rings. The van der Waals surface area contributed by atoms with Crippen LogP contribution in [0, 0.1) is 34.5 Å². The number of anilines is 1. The van der Waals surface area contributed by atoms with Gasteiger partial charge in [0.15, 0.2) is 6.10 Å². The molecule has 0 bridgehead atoms. The third-order valence-electron chi connectivity index (χ3n) is 18.2. The van der Waals surface area contributed by atoms with Gasteiger partial charge < -0.3 is 33.4 Å². The maximum Gasteiger partial charge on any atom is 0.332 e. The number of likely N-dealkylation sites (tertiary alicyclic amines) is 2. The molecule has 13 heteroatoms. The quantitative estimate of drug-likeness (QED) is 0.108. The van der Waals surface area contributed by atoms with Crippen molar-refractivity contribution >= 4 is 29.5 Å². The monoisotopic (exact) mass is 906 g/mol. The Morgan fingerprint density at radius 1 is 0.923 bits per heavy atom. The second kappa shape index (κ2) is 20.9. The summed E-state index contributed by atoms with van der Waals surface area (Å²) in [5, 5.41) is 11.3. The molecule has 0 aromatic heterocycles. The highest BCUT2D eigenvalue weighted by Gasteiger charge is 2.67. The second-order valence-electron chi connectivity index (χ2n) is 21.2. The number of fused-ring (bicyclic) bond motifs is 5. The zero-order chi connectivity index (χ0) is 46.6. The Balaban J connectivity index is 0.000000207. The summed E-state index contributed by atoms with van der Waals surface area (Å²) in [6, 6.07) is 9.90. The van der Waals surface area contributed by atoms with Crippen LogP contribution in [0.5, 0.6) is 0 Å². The summed E-state index contributed by atoms with van der Waals surface area (Å²) in [5.74, 6) is 1.76. The Kier molecular flexibility index (Phi) is 15.9. The van der Waals surface area contributed by atoms with Gasteiger partial charge in [-0.15, -0.1) is 0 Å². The highest BCUT2D eigenvalue weighted by Crippen LogP contribution is 2.67. The first kappa shape index (κ1) is 49.5. The maximum absolute atomic E-state index is 12.8. The van der Waals surface area contributed by atoms with E-state index in [2.05, 4.69) is 41.0 Å². The Labute approximate surface area is 389 Å². The third-order valence-corrected chi connectivity index (χ3v) is 18.2. The molecule has 65 heavy (non-hydrogen) atoms. The van der Waals surface area contributed by atoms with E-state index in [0.717, 1.165) is 56.6 Å². The van der Waals surface area contributed by atoms with Gasteiger partial charge in [-0.1, -0.05) is 45.5 Å². The maximum atomic E-state index is 12.8. The minimum absolute atomic E-state index is 0.0174. The molecule has 13 nitrogen and oxygen atoms in total. The number of esters is 3. The normalized spacial score (nSPS) is 35.2. The Morgan fingerprint density at radius 2 is 1.62 bits per heavy atom. The number of hydrogen-bond acceptors (Lipinski definition) is 11. The van der Waals surface area contributed by atoms with Crippen molar-refractivity contribution in [3.8, 4) is 0 Å². The van der Waals surface area contributed by atoms with Crippen molar-refractivity contribution in [3.05, 3.63) is 43.0 Å². The van der Waals surface area contributed by atoms with Crippen molar-refractivity contribution in [2.75, 3.05) is 84.7 Å². The van der Waals surface area contributed by atoms with Gasteiger partial charge in [0.25, 0.3) is 0 Å². The first-order valence-electron chi connectivity index (χ1n) is 25.1. The zero-order valence-electron chi connectivity index (χ0n) is 40.6. The van der Waals surface area contributed by atoms with Gasteiger partial charge >= 0.3 is 17.9 Å². The Hall–Kier alpha value is -3.36. The van der Waals surface area contributed by atoms with Crippen LogP contribution in [0.3, 0.4) is 0 Å². The lowest BCUT2D eigenvalue weighted by molar-refractivity contribution is -0.937. The van der Waals surface area contributed by atoms with Crippen molar-refractivity contribution in [1.29, 1.82) is 0 Å². The van der Waals surface area contributed by atoms with Crippen LogP contribution in [0.15, 0.2) is 43.0 Å². The summed E-state index contributed by atoms with van der Waals surface area (Å²) in [7, 11) is 2.72. The van der Waals surface area contributed by atoms with Gasteiger partial charge in [-0.25, -0.2) is 4.79 Å². The standard InChI is InChI=1S/C32H53N2O4.C20H28N2O5/c1-5-14-34(15-6-7-16-34)28-20-26-24-9-8-23-19-29(36)27(33-12-17-37-18-13-33)21-32(23,4)25(24)10-11-31(26,3)30(28)38-22(2)35;1-4-17(23)22(16-8-6-5-7-9-16)20(19(25)27-3)11-14-21(15-12-20)13-10-18(24)26-2/h5,23-30,36H,1,6-21H2,2-4H3;5-9H,4,10-15H2,1-3H3/q+1;/t23-,24+,25-,26-,27-,28-,29-,30-,31-,32-;/m0./s1. The predicted octanol–water partition coefficient (Wildman–Crippen LogP) is 6.41. The number of amides is 1. The van der Waals surface area contributed by atoms with Gasteiger partial charge in [0.1, 0.15) is 11.6 Å². The number of para-hydroxylation sites is 1. The Bertz CT molecular complexity index is 1810. The van der Waals surface area contributed by atoms with Crippen molar-refractivity contribution in [3.63, 3.8) is 0 Å². The molecule has 362 valence electrons. The molecule has 1 aromatic carbocycles. The van der Waals surface area contributed by atoms with E-state index in [1.54, 1.807) is 18.7 Å². The van der Waals surface area contributed by atoms with Crippen LogP contribution in [-0.4, -0.2) is 153 Å². The number of rotatable bonds is 12. The first-order valence-corrected chi connectivity index (χ1v) is 25.1. The first-order chi connectivity index (χ1) is 31.2. The fraction of sp³-hybridized carbons (Fsp3) is 0.769. The number of nitrogens with zero attached hydrogens (tertiary/aromatic N) is 4. The fourth-order valence-corrected chi connectivity index (χ4v) is 14.9. The van der Waals surface area contributed by atoms with E-state index < -0.39 is 11.5 Å². The summed E-state index contributed by atoms with van der Waals surface area (Å²) in [4.78, 5) is 55.8. The minimum atomic E-state index is -1.04. The van der Waals surface area contributed by atoms with Crippen LogP contribution in [0.4, 0.5) is 5.69 Å². The summed E-state index contributed by atoms with van der Waals surface area (Å²) in [6.45, 7) is 21.3. The molecule has 7 fully saturated rings. The van der Waals surface area contributed by atoms with Gasteiger partial charge in [0.2, 0.25) is 5.91 Å². The number of quaternary nitrogens is 1. The molecule has 10 atom stereocenters. The van der Waals surface area contributed by atoms with E-state index in [0.29, 0.717) is 80.7 Å².